The summed E-state index contributed by atoms with van der Waals surface area (Å²) in [6.07, 6.45) is 23.9. The molecule has 4 fully saturated rings. The lowest BCUT2D eigenvalue weighted by Gasteiger charge is -2.40. The van der Waals surface area contributed by atoms with E-state index < -0.39 is 22.9 Å². The second kappa shape index (κ2) is 21.2. The number of carbonyl (C=O) groups is 2. The van der Waals surface area contributed by atoms with Gasteiger partial charge >= 0.3 is 0 Å². The second-order valence-corrected chi connectivity index (χ2v) is 18.3. The van der Waals surface area contributed by atoms with Crippen molar-refractivity contribution in [1.82, 2.24) is 30.2 Å². The van der Waals surface area contributed by atoms with Gasteiger partial charge in [0.2, 0.25) is 0 Å². The molecule has 0 radical (unpaired) electrons. The molecule has 2 aromatic heterocycles. The highest BCUT2D eigenvalue weighted by atomic mass is 19.1. The number of hydrogen-bond donors (Lipinski definition) is 6. The van der Waals surface area contributed by atoms with E-state index in [1.165, 1.54) is 88.5 Å². The van der Waals surface area contributed by atoms with E-state index in [9.17, 15) is 28.9 Å². The number of hydrogen-bond acceptors (Lipinski definition) is 10. The maximum atomic E-state index is 13.2. The first-order valence-corrected chi connectivity index (χ1v) is 23.1. The highest BCUT2D eigenvalue weighted by molar-refractivity contribution is 5.98. The van der Waals surface area contributed by atoms with Gasteiger partial charge < -0.3 is 32.7 Å². The number of aromatic nitrogens is 4. The van der Waals surface area contributed by atoms with E-state index in [2.05, 4.69) is 43.6 Å². The zero-order valence-electron chi connectivity index (χ0n) is 36.6. The molecule has 8 rings (SSSR count). The molecule has 0 atom stereocenters. The number of carbonyl (C=O) groups excluding carboxylic acids is 2. The van der Waals surface area contributed by atoms with Crippen molar-refractivity contribution in [1.29, 1.82) is 10.5 Å². The highest BCUT2D eigenvalue weighted by Crippen LogP contribution is 2.41. The third kappa shape index (κ3) is 11.5. The third-order valence-electron chi connectivity index (χ3n) is 13.9. The minimum Gasteiger partial charge on any atom is -0.365 e. The molecule has 2 aromatic carbocycles. The number of halogens is 2. The number of nitrogens with one attached hydrogen (secondary N) is 4. The summed E-state index contributed by atoms with van der Waals surface area (Å²) in [5.41, 5.74) is 12.0. The van der Waals surface area contributed by atoms with Crippen LogP contribution >= 0.6 is 0 Å². The van der Waals surface area contributed by atoms with Crippen molar-refractivity contribution in [2.24, 2.45) is 11.5 Å². The van der Waals surface area contributed by atoms with Gasteiger partial charge in [-0.2, -0.15) is 20.7 Å². The van der Waals surface area contributed by atoms with Crippen LogP contribution in [-0.2, 0) is 11.1 Å². The second-order valence-electron chi connectivity index (χ2n) is 18.3. The van der Waals surface area contributed by atoms with Crippen molar-refractivity contribution in [3.63, 3.8) is 0 Å². The summed E-state index contributed by atoms with van der Waals surface area (Å²) in [5.74, 6) is -1.24. The first kappa shape index (κ1) is 46.2. The maximum absolute atomic E-state index is 13.2. The molecule has 4 aliphatic carbocycles. The molecule has 0 spiro atoms. The molecule has 2 heterocycles. The van der Waals surface area contributed by atoms with E-state index in [4.69, 9.17) is 11.5 Å². The lowest BCUT2D eigenvalue weighted by molar-refractivity contribution is 0.0991. The molecule has 0 aliphatic heterocycles. The van der Waals surface area contributed by atoms with Crippen molar-refractivity contribution in [2.45, 2.75) is 164 Å². The van der Waals surface area contributed by atoms with Crippen LogP contribution < -0.4 is 32.7 Å². The van der Waals surface area contributed by atoms with Crippen molar-refractivity contribution in [3.8, 4) is 12.1 Å². The van der Waals surface area contributed by atoms with Gasteiger partial charge in [-0.15, -0.1) is 0 Å². The Hall–Kier alpha value is -5.84. The maximum Gasteiger partial charge on any atom is 0.254 e. The Balaban J connectivity index is 0.000000191. The summed E-state index contributed by atoms with van der Waals surface area (Å²) in [7, 11) is 0. The number of rotatable bonds is 14. The molecule has 4 aromatic rings. The molecule has 4 aliphatic rings. The molecule has 0 bridgehead atoms. The largest absolute Gasteiger partial charge is 0.365 e. The van der Waals surface area contributed by atoms with Gasteiger partial charge in [0.1, 0.15) is 22.8 Å². The molecule has 0 saturated heterocycles. The highest BCUT2D eigenvalue weighted by Gasteiger charge is 2.41. The minimum atomic E-state index is -0.597. The molecule has 0 unspecified atom stereocenters. The summed E-state index contributed by atoms with van der Waals surface area (Å²) >= 11 is 0. The number of primary amides is 2. The van der Waals surface area contributed by atoms with E-state index in [0.717, 1.165) is 51.4 Å². The molecular weight excluding hydrogens is 815 g/mol. The van der Waals surface area contributed by atoms with E-state index in [1.54, 1.807) is 46.0 Å². The van der Waals surface area contributed by atoms with Crippen LogP contribution in [0.4, 0.5) is 31.8 Å². The predicted molar refractivity (Wildman–Crippen MR) is 242 cm³/mol. The van der Waals surface area contributed by atoms with Crippen LogP contribution in [-0.4, -0.2) is 55.5 Å². The predicted octanol–water partition coefficient (Wildman–Crippen LogP) is 8.68. The molecule has 8 N–H and O–H groups in total. The molecule has 64 heavy (non-hydrogen) atoms. The van der Waals surface area contributed by atoms with Crippen LogP contribution in [0.3, 0.4) is 0 Å². The van der Waals surface area contributed by atoms with Crippen molar-refractivity contribution < 1.29 is 18.4 Å². The fourth-order valence-electron chi connectivity index (χ4n) is 10.2. The lowest BCUT2D eigenvalue weighted by atomic mass is 9.77. The van der Waals surface area contributed by atoms with Crippen molar-refractivity contribution >= 4 is 34.8 Å². The Kier molecular flexibility index (Phi) is 15.3. The van der Waals surface area contributed by atoms with E-state index >= 15 is 0 Å². The van der Waals surface area contributed by atoms with Crippen molar-refractivity contribution in [3.05, 3.63) is 83.7 Å². The van der Waals surface area contributed by atoms with Gasteiger partial charge in [-0.05, 0) is 126 Å². The number of nitriles is 2. The Morgan fingerprint density at radius 1 is 0.578 bits per heavy atom. The third-order valence-corrected chi connectivity index (χ3v) is 13.9. The monoisotopic (exact) mass is 877 g/mol. The average molecular weight is 877 g/mol. The van der Waals surface area contributed by atoms with E-state index in [1.807, 2.05) is 0 Å². The number of amides is 2. The van der Waals surface area contributed by atoms with Crippen molar-refractivity contribution in [2.75, 3.05) is 10.6 Å². The summed E-state index contributed by atoms with van der Waals surface area (Å²) in [5, 5.41) is 42.2. The van der Waals surface area contributed by atoms with Gasteiger partial charge in [-0.25, -0.2) is 8.78 Å². The molecular formula is C48H62F2N12O2. The Morgan fingerprint density at radius 3 is 1.22 bits per heavy atom. The molecule has 4 saturated carbocycles. The Bertz CT molecular complexity index is 2090. The van der Waals surface area contributed by atoms with Gasteiger partial charge in [0, 0.05) is 47.9 Å². The van der Waals surface area contributed by atoms with Gasteiger partial charge in [0.25, 0.3) is 11.8 Å². The zero-order chi connectivity index (χ0) is 45.1. The topological polar surface area (TPSA) is 218 Å². The summed E-state index contributed by atoms with van der Waals surface area (Å²) < 4.78 is 30.0. The van der Waals surface area contributed by atoms with Crippen LogP contribution in [0.5, 0.6) is 0 Å². The number of nitrogens with two attached hydrogens (primary N) is 2. The van der Waals surface area contributed by atoms with E-state index in [0.29, 0.717) is 60.0 Å². The SMILES string of the molecule is N#CCC1(n2cc(C(N)=O)c(Nc3ccc(F)cc3)n2)CCC(NC2CCCCC2)CC1.N#CCC1(n2cc(C(N)=O)c(Nc3ccc(F)cc3)n2)CCC(NC2CCCCC2)CC1. The summed E-state index contributed by atoms with van der Waals surface area (Å²) in [6.45, 7) is 0. The first-order chi connectivity index (χ1) is 31.0. The average Bonchev–Trinajstić information content (AvgIpc) is 3.94. The smallest absolute Gasteiger partial charge is 0.254 e. The van der Waals surface area contributed by atoms with Gasteiger partial charge in [0.15, 0.2) is 11.6 Å². The fraction of sp³-hybridized carbons (Fsp3) is 0.542. The fourth-order valence-corrected chi connectivity index (χ4v) is 10.2. The number of benzene rings is 2. The van der Waals surface area contributed by atoms with Crippen LogP contribution in [0, 0.1) is 34.3 Å². The Morgan fingerprint density at radius 2 is 0.906 bits per heavy atom. The molecule has 16 heteroatoms. The first-order valence-electron chi connectivity index (χ1n) is 23.1. The number of anilines is 4. The van der Waals surface area contributed by atoms with E-state index in [-0.39, 0.29) is 22.8 Å². The Labute approximate surface area is 374 Å². The molecule has 14 nitrogen and oxygen atoms in total. The number of nitrogens with zero attached hydrogens (tertiary/aromatic N) is 6. The summed E-state index contributed by atoms with van der Waals surface area (Å²) in [4.78, 5) is 24.2. The van der Waals surface area contributed by atoms with Gasteiger partial charge in [-0.3, -0.25) is 19.0 Å². The quantitative estimate of drug-likeness (QED) is 0.0708. The van der Waals surface area contributed by atoms with Gasteiger partial charge in [0.05, 0.1) is 36.1 Å². The normalized spacial score (nSPS) is 24.1. The standard InChI is InChI=1S/2C24H31FN6O/c2*25-17-6-8-19(9-7-17)29-23-21(22(27)32)16-31(30-23)24(14-15-26)12-10-20(11-13-24)28-18-4-2-1-3-5-18/h2*6-9,16,18,20,28H,1-5,10-14H2,(H2,27,32)(H,29,30). The summed E-state index contributed by atoms with van der Waals surface area (Å²) in [6, 6.07) is 18.4. The van der Waals surface area contributed by atoms with Crippen LogP contribution in [0.1, 0.15) is 149 Å². The van der Waals surface area contributed by atoms with Gasteiger partial charge in [-0.1, -0.05) is 38.5 Å². The zero-order valence-corrected chi connectivity index (χ0v) is 36.6. The van der Waals surface area contributed by atoms with Crippen LogP contribution in [0.15, 0.2) is 60.9 Å². The minimum absolute atomic E-state index is 0.258. The van der Waals surface area contributed by atoms with Crippen LogP contribution in [0.2, 0.25) is 0 Å². The molecule has 340 valence electrons. The van der Waals surface area contributed by atoms with Crippen LogP contribution in [0.25, 0.3) is 0 Å². The lowest BCUT2D eigenvalue weighted by Crippen LogP contribution is -2.46. The molecule has 2 amide bonds.